The molecule has 0 spiro atoms. The lowest BCUT2D eigenvalue weighted by Crippen LogP contribution is -2.29. The van der Waals surface area contributed by atoms with Crippen molar-refractivity contribution in [1.29, 1.82) is 0 Å². The van der Waals surface area contributed by atoms with Gasteiger partial charge in [0.25, 0.3) is 0 Å². The minimum atomic E-state index is -2.47. The molecule has 0 radical (unpaired) electrons. The molecule has 1 aliphatic carbocycles. The molecule has 2 N–H and O–H groups in total. The van der Waals surface area contributed by atoms with Gasteiger partial charge >= 0.3 is 0 Å². The predicted octanol–water partition coefficient (Wildman–Crippen LogP) is 3.53. The third-order valence-electron chi connectivity index (χ3n) is 3.64. The molecule has 1 atom stereocenters. The molecular formula is C14H20F2N2. The van der Waals surface area contributed by atoms with Crippen LogP contribution in [0.25, 0.3) is 0 Å². The number of anilines is 2. The third-order valence-corrected chi connectivity index (χ3v) is 3.64. The molecule has 1 unspecified atom stereocenters. The number of benzene rings is 1. The smallest absolute Gasteiger partial charge is 0.248 e. The van der Waals surface area contributed by atoms with Gasteiger partial charge in [0.1, 0.15) is 0 Å². The molecule has 100 valence electrons. The second-order valence-electron chi connectivity index (χ2n) is 5.06. The first kappa shape index (κ1) is 13.1. The lowest BCUT2D eigenvalue weighted by Gasteiger charge is -2.27. The molecule has 1 aliphatic rings. The highest BCUT2D eigenvalue weighted by Gasteiger charge is 2.39. The zero-order chi connectivity index (χ0) is 13.2. The van der Waals surface area contributed by atoms with E-state index in [9.17, 15) is 8.78 Å². The van der Waals surface area contributed by atoms with E-state index < -0.39 is 5.92 Å². The number of halogens is 2. The Morgan fingerprint density at radius 2 is 2.11 bits per heavy atom. The molecule has 0 saturated heterocycles. The van der Waals surface area contributed by atoms with Crippen LogP contribution in [-0.4, -0.2) is 19.0 Å². The minimum absolute atomic E-state index is 0.0102. The number of nitrogens with two attached hydrogens (primary N) is 1. The molecule has 0 bridgehead atoms. The van der Waals surface area contributed by atoms with E-state index in [0.29, 0.717) is 18.7 Å². The van der Waals surface area contributed by atoms with Crippen molar-refractivity contribution in [3.8, 4) is 0 Å². The molecule has 0 aromatic heterocycles. The van der Waals surface area contributed by atoms with Gasteiger partial charge in [0, 0.05) is 25.9 Å². The van der Waals surface area contributed by atoms with Gasteiger partial charge in [-0.15, -0.1) is 0 Å². The summed E-state index contributed by atoms with van der Waals surface area (Å²) in [6.07, 6.45) is 0.645. The summed E-state index contributed by atoms with van der Waals surface area (Å²) in [6, 6.07) is 7.61. The summed E-state index contributed by atoms with van der Waals surface area (Å²) >= 11 is 0. The maximum atomic E-state index is 13.2. The van der Waals surface area contributed by atoms with Crippen LogP contribution < -0.4 is 10.6 Å². The predicted molar refractivity (Wildman–Crippen MR) is 71.0 cm³/mol. The van der Waals surface area contributed by atoms with Crippen molar-refractivity contribution in [2.45, 2.75) is 32.1 Å². The molecular weight excluding hydrogens is 234 g/mol. The largest absolute Gasteiger partial charge is 0.397 e. The lowest BCUT2D eigenvalue weighted by atomic mass is 10.1. The normalized spacial score (nSPS) is 22.1. The van der Waals surface area contributed by atoms with Gasteiger partial charge in [-0.3, -0.25) is 0 Å². The van der Waals surface area contributed by atoms with Crippen LogP contribution in [0.1, 0.15) is 26.2 Å². The molecule has 1 saturated carbocycles. The molecule has 1 aromatic rings. The van der Waals surface area contributed by atoms with Gasteiger partial charge in [0.05, 0.1) is 11.4 Å². The summed E-state index contributed by atoms with van der Waals surface area (Å²) in [4.78, 5) is 2.10. The summed E-state index contributed by atoms with van der Waals surface area (Å²) in [6.45, 7) is 3.48. The van der Waals surface area contributed by atoms with Crippen molar-refractivity contribution in [3.63, 3.8) is 0 Å². The second-order valence-corrected chi connectivity index (χ2v) is 5.06. The third kappa shape index (κ3) is 2.92. The molecule has 2 rings (SSSR count). The van der Waals surface area contributed by atoms with Gasteiger partial charge in [-0.05, 0) is 31.4 Å². The second kappa shape index (κ2) is 5.12. The van der Waals surface area contributed by atoms with Crippen molar-refractivity contribution in [1.82, 2.24) is 0 Å². The first-order valence-electron chi connectivity index (χ1n) is 6.49. The average molecular weight is 254 g/mol. The van der Waals surface area contributed by atoms with Crippen LogP contribution in [0.15, 0.2) is 24.3 Å². The van der Waals surface area contributed by atoms with E-state index in [1.54, 1.807) is 0 Å². The summed E-state index contributed by atoms with van der Waals surface area (Å²) < 4.78 is 26.4. The highest BCUT2D eigenvalue weighted by Crippen LogP contribution is 2.39. The number of hydrogen-bond acceptors (Lipinski definition) is 2. The zero-order valence-electron chi connectivity index (χ0n) is 10.7. The van der Waals surface area contributed by atoms with Crippen LogP contribution in [0.4, 0.5) is 20.2 Å². The lowest BCUT2D eigenvalue weighted by molar-refractivity contribution is 0.00535. The van der Waals surface area contributed by atoms with E-state index in [-0.39, 0.29) is 18.8 Å². The molecule has 2 nitrogen and oxygen atoms in total. The maximum absolute atomic E-state index is 13.2. The van der Waals surface area contributed by atoms with Gasteiger partial charge in [-0.1, -0.05) is 12.1 Å². The fourth-order valence-electron chi connectivity index (χ4n) is 2.68. The Morgan fingerprint density at radius 3 is 2.67 bits per heavy atom. The summed E-state index contributed by atoms with van der Waals surface area (Å²) in [5.41, 5.74) is 7.60. The summed E-state index contributed by atoms with van der Waals surface area (Å²) in [5, 5.41) is 0. The van der Waals surface area contributed by atoms with Crippen molar-refractivity contribution < 1.29 is 8.78 Å². The molecule has 4 heteroatoms. The van der Waals surface area contributed by atoms with Crippen LogP contribution in [0.2, 0.25) is 0 Å². The quantitative estimate of drug-likeness (QED) is 0.833. The van der Waals surface area contributed by atoms with Gasteiger partial charge in [-0.25, -0.2) is 8.78 Å². The SMILES string of the molecule is CCN(CC1CCC(F)(F)C1)c1ccccc1N. The minimum Gasteiger partial charge on any atom is -0.397 e. The molecule has 1 aromatic carbocycles. The van der Waals surface area contributed by atoms with Gasteiger partial charge in [0.15, 0.2) is 0 Å². The Bertz CT molecular complexity index is 407. The van der Waals surface area contributed by atoms with Crippen LogP contribution in [-0.2, 0) is 0 Å². The first-order chi connectivity index (χ1) is 8.52. The van der Waals surface area contributed by atoms with Crippen molar-refractivity contribution in [2.75, 3.05) is 23.7 Å². The van der Waals surface area contributed by atoms with Gasteiger partial charge in [-0.2, -0.15) is 0 Å². The van der Waals surface area contributed by atoms with Crippen LogP contribution in [0.5, 0.6) is 0 Å². The molecule has 0 aliphatic heterocycles. The van der Waals surface area contributed by atoms with Crippen LogP contribution in [0, 0.1) is 5.92 Å². The van der Waals surface area contributed by atoms with Crippen molar-refractivity contribution in [2.24, 2.45) is 5.92 Å². The van der Waals surface area contributed by atoms with Gasteiger partial charge in [0.2, 0.25) is 5.92 Å². The monoisotopic (exact) mass is 254 g/mol. The van der Waals surface area contributed by atoms with Crippen LogP contribution >= 0.6 is 0 Å². The number of nitrogen functional groups attached to an aromatic ring is 1. The summed E-state index contributed by atoms with van der Waals surface area (Å²) in [5.74, 6) is -2.40. The Kier molecular flexibility index (Phi) is 3.73. The van der Waals surface area contributed by atoms with Crippen molar-refractivity contribution >= 4 is 11.4 Å². The summed E-state index contributed by atoms with van der Waals surface area (Å²) in [7, 11) is 0. The number of hydrogen-bond donors (Lipinski definition) is 1. The average Bonchev–Trinajstić information content (AvgIpc) is 2.67. The zero-order valence-corrected chi connectivity index (χ0v) is 10.7. The standard InChI is InChI=1S/C14H20F2N2/c1-2-18(13-6-4-3-5-12(13)17)10-11-7-8-14(15,16)9-11/h3-6,11H,2,7-10,17H2,1H3. The van der Waals surface area contributed by atoms with E-state index in [1.165, 1.54) is 0 Å². The van der Waals surface area contributed by atoms with Gasteiger partial charge < -0.3 is 10.6 Å². The highest BCUT2D eigenvalue weighted by atomic mass is 19.3. The van der Waals surface area contributed by atoms with E-state index in [0.717, 1.165) is 12.2 Å². The Hall–Kier alpha value is -1.32. The first-order valence-corrected chi connectivity index (χ1v) is 6.49. The van der Waals surface area contributed by atoms with E-state index in [1.807, 2.05) is 31.2 Å². The Labute approximate surface area is 107 Å². The number of nitrogens with zero attached hydrogens (tertiary/aromatic N) is 1. The molecule has 1 fully saturated rings. The topological polar surface area (TPSA) is 29.3 Å². The van der Waals surface area contributed by atoms with E-state index >= 15 is 0 Å². The fraction of sp³-hybridized carbons (Fsp3) is 0.571. The Morgan fingerprint density at radius 1 is 1.39 bits per heavy atom. The molecule has 18 heavy (non-hydrogen) atoms. The van der Waals surface area contributed by atoms with Crippen molar-refractivity contribution in [3.05, 3.63) is 24.3 Å². The highest BCUT2D eigenvalue weighted by molar-refractivity contribution is 5.67. The Balaban J connectivity index is 2.05. The number of alkyl halides is 2. The maximum Gasteiger partial charge on any atom is 0.248 e. The van der Waals surface area contributed by atoms with E-state index in [4.69, 9.17) is 5.73 Å². The molecule has 0 heterocycles. The molecule has 0 amide bonds. The fourth-order valence-corrected chi connectivity index (χ4v) is 2.68. The van der Waals surface area contributed by atoms with Crippen LogP contribution in [0.3, 0.4) is 0 Å². The number of rotatable bonds is 4. The van der Waals surface area contributed by atoms with E-state index in [2.05, 4.69) is 4.90 Å². The number of para-hydroxylation sites is 2.